The third-order valence-electron chi connectivity index (χ3n) is 5.01. The fourth-order valence-corrected chi connectivity index (χ4v) is 3.47. The molecule has 2 heterocycles. The van der Waals surface area contributed by atoms with Crippen molar-refractivity contribution in [1.29, 1.82) is 0 Å². The highest BCUT2D eigenvalue weighted by Gasteiger charge is 2.32. The van der Waals surface area contributed by atoms with E-state index in [4.69, 9.17) is 5.73 Å². The Morgan fingerprint density at radius 3 is 2.65 bits per heavy atom. The Hall–Kier alpha value is -2.89. The maximum absolute atomic E-state index is 13.0. The van der Waals surface area contributed by atoms with Crippen LogP contribution in [-0.4, -0.2) is 27.8 Å². The zero-order valence-electron chi connectivity index (χ0n) is 15.1. The molecule has 2 aromatic rings. The second kappa shape index (κ2) is 7.15. The first-order valence-electron chi connectivity index (χ1n) is 8.74. The zero-order chi connectivity index (χ0) is 18.8. The average Bonchev–Trinajstić information content (AvgIpc) is 3.08. The van der Waals surface area contributed by atoms with Gasteiger partial charge in [0.05, 0.1) is 6.04 Å². The largest absolute Gasteiger partial charge is 0.368 e. The number of benzene rings is 1. The van der Waals surface area contributed by atoms with E-state index in [1.807, 2.05) is 0 Å². The van der Waals surface area contributed by atoms with E-state index in [1.54, 1.807) is 11.0 Å². The molecule has 0 spiro atoms. The van der Waals surface area contributed by atoms with Crippen LogP contribution < -0.4 is 11.3 Å². The number of nitrogens with two attached hydrogens (primary N) is 1. The number of likely N-dealkylation sites (tertiary alicyclic amines) is 1. The minimum Gasteiger partial charge on any atom is -0.368 e. The lowest BCUT2D eigenvalue weighted by Gasteiger charge is -2.25. The minimum absolute atomic E-state index is 0.0361. The molecule has 26 heavy (non-hydrogen) atoms. The van der Waals surface area contributed by atoms with Crippen molar-refractivity contribution >= 4 is 11.8 Å². The van der Waals surface area contributed by atoms with Gasteiger partial charge in [-0.15, -0.1) is 0 Å². The Labute approximate surface area is 152 Å². The van der Waals surface area contributed by atoms with Gasteiger partial charge < -0.3 is 15.2 Å². The monoisotopic (exact) mass is 353 g/mol. The Bertz CT molecular complexity index is 917. The first kappa shape index (κ1) is 17.9. The Kier molecular flexibility index (Phi) is 4.93. The van der Waals surface area contributed by atoms with E-state index >= 15 is 0 Å². The second-order valence-corrected chi connectivity index (χ2v) is 6.82. The zero-order valence-corrected chi connectivity index (χ0v) is 15.1. The number of primary amides is 1. The van der Waals surface area contributed by atoms with Crippen LogP contribution in [0.3, 0.4) is 0 Å². The van der Waals surface area contributed by atoms with Crippen molar-refractivity contribution < 1.29 is 9.59 Å². The van der Waals surface area contributed by atoms with Crippen molar-refractivity contribution in [2.45, 2.75) is 39.3 Å². The van der Waals surface area contributed by atoms with E-state index in [0.717, 1.165) is 18.4 Å². The van der Waals surface area contributed by atoms with E-state index in [2.05, 4.69) is 32.0 Å². The maximum Gasteiger partial charge on any atom is 0.263 e. The lowest BCUT2D eigenvalue weighted by molar-refractivity contribution is -0.118. The number of pyridine rings is 1. The summed E-state index contributed by atoms with van der Waals surface area (Å²) in [6.07, 6.45) is 3.23. The molecule has 1 unspecified atom stereocenters. The Morgan fingerprint density at radius 2 is 1.96 bits per heavy atom. The highest BCUT2D eigenvalue weighted by molar-refractivity contribution is 5.94. The SMILES string of the molecule is Cc1ccc(C2CCCN2C(=O)c2cccn(CC(N)=O)c2=O)cc1C. The van der Waals surface area contributed by atoms with Crippen LogP contribution in [0.15, 0.2) is 41.3 Å². The number of hydrogen-bond acceptors (Lipinski definition) is 3. The van der Waals surface area contributed by atoms with Gasteiger partial charge in [0.15, 0.2) is 0 Å². The molecular formula is C20H23N3O3. The molecule has 6 heteroatoms. The fraction of sp³-hybridized carbons (Fsp3) is 0.350. The fourth-order valence-electron chi connectivity index (χ4n) is 3.47. The standard InChI is InChI=1S/C20H23N3O3/c1-13-7-8-15(11-14(13)2)17-6-4-10-23(17)20(26)16-5-3-9-22(19(16)25)12-18(21)24/h3,5,7-9,11,17H,4,6,10,12H2,1-2H3,(H2,21,24). The third kappa shape index (κ3) is 3.40. The van der Waals surface area contributed by atoms with Crippen LogP contribution in [0.1, 0.15) is 45.9 Å². The molecule has 1 aromatic heterocycles. The van der Waals surface area contributed by atoms with Gasteiger partial charge >= 0.3 is 0 Å². The van der Waals surface area contributed by atoms with Gasteiger partial charge in [0, 0.05) is 12.7 Å². The van der Waals surface area contributed by atoms with Crippen LogP contribution in [0.4, 0.5) is 0 Å². The first-order chi connectivity index (χ1) is 12.4. The molecule has 0 aliphatic carbocycles. The number of aromatic nitrogens is 1. The normalized spacial score (nSPS) is 16.7. The predicted molar refractivity (Wildman–Crippen MR) is 98.8 cm³/mol. The topological polar surface area (TPSA) is 85.4 Å². The first-order valence-corrected chi connectivity index (χ1v) is 8.74. The molecule has 1 atom stereocenters. The summed E-state index contributed by atoms with van der Waals surface area (Å²) in [6.45, 7) is 4.49. The molecule has 2 N–H and O–H groups in total. The molecule has 136 valence electrons. The third-order valence-corrected chi connectivity index (χ3v) is 5.01. The van der Waals surface area contributed by atoms with Crippen LogP contribution in [0.25, 0.3) is 0 Å². The van der Waals surface area contributed by atoms with Gasteiger partial charge in [-0.3, -0.25) is 14.4 Å². The van der Waals surface area contributed by atoms with Crippen molar-refractivity contribution in [2.75, 3.05) is 6.54 Å². The van der Waals surface area contributed by atoms with E-state index in [9.17, 15) is 14.4 Å². The van der Waals surface area contributed by atoms with Crippen LogP contribution in [-0.2, 0) is 11.3 Å². The number of carbonyl (C=O) groups is 2. The lowest BCUT2D eigenvalue weighted by atomic mass is 9.99. The van der Waals surface area contributed by atoms with E-state index in [0.29, 0.717) is 6.54 Å². The molecular weight excluding hydrogens is 330 g/mol. The molecule has 1 aliphatic rings. The maximum atomic E-state index is 13.0. The van der Waals surface area contributed by atoms with Gasteiger partial charge in [-0.25, -0.2) is 0 Å². The molecule has 0 radical (unpaired) electrons. The van der Waals surface area contributed by atoms with E-state index in [1.165, 1.54) is 28.0 Å². The molecule has 2 amide bonds. The summed E-state index contributed by atoms with van der Waals surface area (Å²) in [5.74, 6) is -0.916. The summed E-state index contributed by atoms with van der Waals surface area (Å²) < 4.78 is 1.18. The summed E-state index contributed by atoms with van der Waals surface area (Å²) in [7, 11) is 0. The lowest BCUT2D eigenvalue weighted by Crippen LogP contribution is -2.37. The van der Waals surface area contributed by atoms with Gasteiger partial charge in [0.1, 0.15) is 12.1 Å². The van der Waals surface area contributed by atoms with Gasteiger partial charge in [0.2, 0.25) is 5.91 Å². The number of hydrogen-bond donors (Lipinski definition) is 1. The van der Waals surface area contributed by atoms with Crippen LogP contribution in [0, 0.1) is 13.8 Å². The Balaban J connectivity index is 1.93. The number of rotatable bonds is 4. The second-order valence-electron chi connectivity index (χ2n) is 6.82. The number of aryl methyl sites for hydroxylation is 2. The van der Waals surface area contributed by atoms with Crippen molar-refractivity contribution in [2.24, 2.45) is 5.73 Å². The molecule has 1 fully saturated rings. The highest BCUT2D eigenvalue weighted by Crippen LogP contribution is 2.33. The predicted octanol–water partition coefficient (Wildman–Crippen LogP) is 1.93. The van der Waals surface area contributed by atoms with Crippen molar-refractivity contribution in [1.82, 2.24) is 9.47 Å². The molecule has 1 aromatic carbocycles. The summed E-state index contributed by atoms with van der Waals surface area (Å²) >= 11 is 0. The number of amides is 2. The van der Waals surface area contributed by atoms with Crippen LogP contribution in [0.5, 0.6) is 0 Å². The summed E-state index contributed by atoms with van der Waals surface area (Å²) in [6, 6.07) is 9.30. The summed E-state index contributed by atoms with van der Waals surface area (Å²) in [5, 5.41) is 0. The summed E-state index contributed by atoms with van der Waals surface area (Å²) in [4.78, 5) is 38.5. The van der Waals surface area contributed by atoms with Crippen molar-refractivity contribution in [3.63, 3.8) is 0 Å². The minimum atomic E-state index is -0.620. The highest BCUT2D eigenvalue weighted by atomic mass is 16.2. The smallest absolute Gasteiger partial charge is 0.263 e. The van der Waals surface area contributed by atoms with Gasteiger partial charge in [-0.1, -0.05) is 18.2 Å². The molecule has 0 bridgehead atoms. The van der Waals surface area contributed by atoms with Crippen LogP contribution in [0.2, 0.25) is 0 Å². The molecule has 0 saturated carbocycles. The molecule has 3 rings (SSSR count). The van der Waals surface area contributed by atoms with Crippen LogP contribution >= 0.6 is 0 Å². The van der Waals surface area contributed by atoms with E-state index in [-0.39, 0.29) is 24.1 Å². The average molecular weight is 353 g/mol. The molecule has 1 aliphatic heterocycles. The quantitative estimate of drug-likeness (QED) is 0.911. The molecule has 6 nitrogen and oxygen atoms in total. The van der Waals surface area contributed by atoms with E-state index < -0.39 is 11.5 Å². The van der Waals surface area contributed by atoms with Crippen molar-refractivity contribution in [3.05, 3.63) is 69.1 Å². The van der Waals surface area contributed by atoms with Gasteiger partial charge in [0.25, 0.3) is 11.5 Å². The Morgan fingerprint density at radius 1 is 1.19 bits per heavy atom. The number of carbonyl (C=O) groups excluding carboxylic acids is 2. The summed E-state index contributed by atoms with van der Waals surface area (Å²) in [5.41, 5.74) is 8.25. The molecule has 1 saturated heterocycles. The van der Waals surface area contributed by atoms with Crippen molar-refractivity contribution in [3.8, 4) is 0 Å². The van der Waals surface area contributed by atoms with Gasteiger partial charge in [-0.2, -0.15) is 0 Å². The van der Waals surface area contributed by atoms with Gasteiger partial charge in [-0.05, 0) is 55.5 Å². The number of nitrogens with zero attached hydrogens (tertiary/aromatic N) is 2.